The number of halogens is 1. The summed E-state index contributed by atoms with van der Waals surface area (Å²) < 4.78 is 13.1. The third-order valence-electron chi connectivity index (χ3n) is 4.87. The first kappa shape index (κ1) is 19.8. The Balaban J connectivity index is 1.92. The first-order valence-electron chi connectivity index (χ1n) is 9.20. The highest BCUT2D eigenvalue weighted by Gasteiger charge is 2.43. The van der Waals surface area contributed by atoms with Crippen molar-refractivity contribution in [1.82, 2.24) is 9.88 Å². The van der Waals surface area contributed by atoms with Crippen LogP contribution in [0.15, 0.2) is 42.6 Å². The van der Waals surface area contributed by atoms with Crippen molar-refractivity contribution >= 4 is 17.7 Å². The van der Waals surface area contributed by atoms with Crippen LogP contribution in [0.4, 0.5) is 14.9 Å². The number of amides is 2. The van der Waals surface area contributed by atoms with Crippen LogP contribution in [-0.2, 0) is 17.6 Å². The van der Waals surface area contributed by atoms with E-state index in [2.05, 4.69) is 4.98 Å². The molecule has 1 atom stereocenters. The monoisotopic (exact) mass is 385 g/mol. The van der Waals surface area contributed by atoms with Gasteiger partial charge in [0.25, 0.3) is 0 Å². The van der Waals surface area contributed by atoms with Gasteiger partial charge in [-0.2, -0.15) is 0 Å². The fraction of sp³-hybridized carbons (Fsp3) is 0.381. The minimum absolute atomic E-state index is 0.242. The highest BCUT2D eigenvalue weighted by molar-refractivity contribution is 6.01. The molecule has 1 aliphatic rings. The lowest BCUT2D eigenvalue weighted by molar-refractivity contribution is -0.125. The zero-order valence-electron chi connectivity index (χ0n) is 16.2. The first-order valence-corrected chi connectivity index (χ1v) is 9.20. The van der Waals surface area contributed by atoms with Crippen molar-refractivity contribution in [3.05, 3.63) is 59.7 Å². The van der Waals surface area contributed by atoms with Crippen molar-refractivity contribution in [1.29, 1.82) is 0 Å². The number of nitrogens with zero attached hydrogens (tertiary/aromatic N) is 3. The van der Waals surface area contributed by atoms with Crippen LogP contribution < -0.4 is 4.90 Å². The summed E-state index contributed by atoms with van der Waals surface area (Å²) in [6.07, 6.45) is 1.27. The Morgan fingerprint density at radius 1 is 1.29 bits per heavy atom. The summed E-state index contributed by atoms with van der Waals surface area (Å²) in [4.78, 5) is 32.4. The normalized spacial score (nSPS) is 16.6. The van der Waals surface area contributed by atoms with Crippen molar-refractivity contribution in [2.75, 3.05) is 11.4 Å². The fourth-order valence-electron chi connectivity index (χ4n) is 3.61. The van der Waals surface area contributed by atoms with Gasteiger partial charge in [0.05, 0.1) is 11.4 Å². The standard InChI is InChI=1S/C21H24FN3O3/c1-21(2,3)25(20(27)28)18-13-16-17(5-4-11-23-16)24(19(18)26)12-10-14-6-8-15(22)9-7-14/h4-9,11,18H,10,12-13H2,1-3H3,(H,27,28). The largest absolute Gasteiger partial charge is 0.465 e. The predicted octanol–water partition coefficient (Wildman–Crippen LogP) is 3.50. The van der Waals surface area contributed by atoms with Crippen LogP contribution in [0.25, 0.3) is 0 Å². The van der Waals surface area contributed by atoms with Gasteiger partial charge in [-0.25, -0.2) is 9.18 Å². The Hall–Kier alpha value is -2.96. The second kappa shape index (κ2) is 7.58. The number of anilines is 1. The van der Waals surface area contributed by atoms with Crippen LogP contribution in [0, 0.1) is 5.82 Å². The molecular formula is C21H24FN3O3. The van der Waals surface area contributed by atoms with E-state index >= 15 is 0 Å². The number of rotatable bonds is 4. The number of hydrogen-bond acceptors (Lipinski definition) is 3. The molecule has 0 fully saturated rings. The molecule has 1 unspecified atom stereocenters. The van der Waals surface area contributed by atoms with Crippen molar-refractivity contribution in [3.63, 3.8) is 0 Å². The summed E-state index contributed by atoms with van der Waals surface area (Å²) in [5.41, 5.74) is 1.56. The van der Waals surface area contributed by atoms with Crippen LogP contribution in [0.5, 0.6) is 0 Å². The van der Waals surface area contributed by atoms with E-state index in [1.165, 1.54) is 17.0 Å². The van der Waals surface area contributed by atoms with Gasteiger partial charge in [-0.1, -0.05) is 12.1 Å². The lowest BCUT2D eigenvalue weighted by atomic mass is 9.95. The second-order valence-corrected chi connectivity index (χ2v) is 7.88. The van der Waals surface area contributed by atoms with Crippen molar-refractivity contribution < 1.29 is 19.1 Å². The molecule has 3 rings (SSSR count). The van der Waals surface area contributed by atoms with Crippen LogP contribution in [0.1, 0.15) is 32.0 Å². The SMILES string of the molecule is CC(C)(C)N(C(=O)O)C1Cc2ncccc2N(CCc2ccc(F)cc2)C1=O. The van der Waals surface area contributed by atoms with Crippen molar-refractivity contribution in [2.24, 2.45) is 0 Å². The molecule has 6 nitrogen and oxygen atoms in total. The molecule has 2 heterocycles. The Morgan fingerprint density at radius 2 is 1.96 bits per heavy atom. The molecule has 1 aliphatic heterocycles. The highest BCUT2D eigenvalue weighted by Crippen LogP contribution is 2.31. The summed E-state index contributed by atoms with van der Waals surface area (Å²) in [6.45, 7) is 5.67. The van der Waals surface area contributed by atoms with E-state index in [0.717, 1.165) is 5.56 Å². The maximum absolute atomic E-state index is 13.3. The Bertz CT molecular complexity index is 877. The molecule has 1 aromatic carbocycles. The lowest BCUT2D eigenvalue weighted by Crippen LogP contribution is -2.60. The van der Waals surface area contributed by atoms with Gasteiger partial charge in [-0.3, -0.25) is 14.7 Å². The minimum atomic E-state index is -1.14. The molecule has 1 aromatic heterocycles. The number of carboxylic acid groups (broad SMARTS) is 1. The summed E-state index contributed by atoms with van der Waals surface area (Å²) in [5.74, 6) is -0.574. The number of fused-ring (bicyclic) bond motifs is 1. The van der Waals surface area contributed by atoms with E-state index in [-0.39, 0.29) is 18.1 Å². The van der Waals surface area contributed by atoms with Gasteiger partial charge in [0.2, 0.25) is 5.91 Å². The smallest absolute Gasteiger partial charge is 0.408 e. The molecule has 7 heteroatoms. The molecule has 0 saturated heterocycles. The van der Waals surface area contributed by atoms with Crippen molar-refractivity contribution in [3.8, 4) is 0 Å². The van der Waals surface area contributed by atoms with Gasteiger partial charge in [0, 0.05) is 24.7 Å². The molecule has 2 amide bonds. The van der Waals surface area contributed by atoms with Gasteiger partial charge in [-0.05, 0) is 57.0 Å². The quantitative estimate of drug-likeness (QED) is 0.874. The summed E-state index contributed by atoms with van der Waals surface area (Å²) in [5, 5.41) is 9.75. The van der Waals surface area contributed by atoms with Crippen LogP contribution in [0.3, 0.4) is 0 Å². The fourth-order valence-corrected chi connectivity index (χ4v) is 3.61. The van der Waals surface area contributed by atoms with Crippen molar-refractivity contribution in [2.45, 2.75) is 45.2 Å². The van der Waals surface area contributed by atoms with E-state index in [1.54, 1.807) is 50.1 Å². The van der Waals surface area contributed by atoms with Crippen LogP contribution in [0.2, 0.25) is 0 Å². The van der Waals surface area contributed by atoms with E-state index in [1.807, 2.05) is 6.07 Å². The van der Waals surface area contributed by atoms with E-state index in [0.29, 0.717) is 24.3 Å². The maximum atomic E-state index is 13.3. The molecule has 2 aromatic rings. The Morgan fingerprint density at radius 3 is 2.57 bits per heavy atom. The van der Waals surface area contributed by atoms with E-state index in [9.17, 15) is 19.1 Å². The predicted molar refractivity (Wildman–Crippen MR) is 104 cm³/mol. The second-order valence-electron chi connectivity index (χ2n) is 7.88. The summed E-state index contributed by atoms with van der Waals surface area (Å²) in [7, 11) is 0. The third-order valence-corrected chi connectivity index (χ3v) is 4.87. The Kier molecular flexibility index (Phi) is 5.36. The van der Waals surface area contributed by atoms with Gasteiger partial charge >= 0.3 is 6.09 Å². The summed E-state index contributed by atoms with van der Waals surface area (Å²) >= 11 is 0. The first-order chi connectivity index (χ1) is 13.2. The zero-order valence-corrected chi connectivity index (χ0v) is 16.2. The zero-order chi connectivity index (χ0) is 20.5. The van der Waals surface area contributed by atoms with Gasteiger partial charge < -0.3 is 10.0 Å². The number of hydrogen-bond donors (Lipinski definition) is 1. The molecule has 1 N–H and O–H groups in total. The van der Waals surface area contributed by atoms with Crippen LogP contribution in [-0.4, -0.2) is 45.1 Å². The van der Waals surface area contributed by atoms with Crippen LogP contribution >= 0.6 is 0 Å². The molecule has 0 saturated carbocycles. The number of pyridine rings is 1. The number of carbonyl (C=O) groups is 2. The molecule has 148 valence electrons. The molecule has 0 bridgehead atoms. The average molecular weight is 385 g/mol. The number of benzene rings is 1. The number of aromatic nitrogens is 1. The molecule has 0 radical (unpaired) electrons. The lowest BCUT2D eigenvalue weighted by Gasteiger charge is -2.43. The van der Waals surface area contributed by atoms with Gasteiger partial charge in [-0.15, -0.1) is 0 Å². The maximum Gasteiger partial charge on any atom is 0.408 e. The molecule has 0 spiro atoms. The topological polar surface area (TPSA) is 73.7 Å². The van der Waals surface area contributed by atoms with E-state index < -0.39 is 17.7 Å². The molecular weight excluding hydrogens is 361 g/mol. The average Bonchev–Trinajstić information content (AvgIpc) is 2.62. The Labute approximate surface area is 163 Å². The highest BCUT2D eigenvalue weighted by atomic mass is 19.1. The minimum Gasteiger partial charge on any atom is -0.465 e. The van der Waals surface area contributed by atoms with Gasteiger partial charge in [0.1, 0.15) is 11.9 Å². The molecule has 0 aliphatic carbocycles. The molecule has 28 heavy (non-hydrogen) atoms. The van der Waals surface area contributed by atoms with Gasteiger partial charge in [0.15, 0.2) is 0 Å². The van der Waals surface area contributed by atoms with E-state index in [4.69, 9.17) is 0 Å². The summed E-state index contributed by atoms with van der Waals surface area (Å²) in [6, 6.07) is 8.88. The number of carbonyl (C=O) groups excluding carboxylic acids is 1. The third kappa shape index (κ3) is 3.98.